The van der Waals surface area contributed by atoms with Gasteiger partial charge in [-0.15, -0.1) is 0 Å². The molecule has 10 heavy (non-hydrogen) atoms. The molecule has 0 aliphatic heterocycles. The summed E-state index contributed by atoms with van der Waals surface area (Å²) in [6, 6.07) is 0. The normalized spacial score (nSPS) is 9.50. The average molecular weight is 178 g/mol. The zero-order chi connectivity index (χ0) is 8.78. The Morgan fingerprint density at radius 3 is 1.70 bits per heavy atom. The van der Waals surface area contributed by atoms with Gasteiger partial charge in [-0.05, 0) is 8.91 Å². The van der Waals surface area contributed by atoms with Crippen molar-refractivity contribution in [2.45, 2.75) is 6.92 Å². The van der Waals surface area contributed by atoms with Crippen LogP contribution in [-0.4, -0.2) is 19.5 Å². The van der Waals surface area contributed by atoms with Crippen LogP contribution >= 0.6 is 0 Å². The maximum atomic E-state index is 10.5. The van der Waals surface area contributed by atoms with E-state index >= 15 is 0 Å². The summed E-state index contributed by atoms with van der Waals surface area (Å²) in [5.41, 5.74) is 0. The summed E-state index contributed by atoms with van der Waals surface area (Å²) < 4.78 is 39.7. The van der Waals surface area contributed by atoms with E-state index in [9.17, 15) is 8.41 Å². The molecule has 0 radical (unpaired) electrons. The van der Waals surface area contributed by atoms with Gasteiger partial charge in [0.25, 0.3) is 5.97 Å². The Kier molecular flexibility index (Phi) is 6.05. The summed E-state index contributed by atoms with van der Waals surface area (Å²) >= 11 is 0. The Morgan fingerprint density at radius 1 is 1.60 bits per heavy atom. The van der Waals surface area contributed by atoms with Crippen molar-refractivity contribution in [3.8, 4) is 0 Å². The highest BCUT2D eigenvalue weighted by Crippen LogP contribution is 1.90. The minimum Gasteiger partial charge on any atom is -0.481 e. The van der Waals surface area contributed by atoms with E-state index in [0.717, 1.165) is 6.92 Å². The summed E-state index contributed by atoms with van der Waals surface area (Å²) in [6.07, 6.45) is 0. The van der Waals surface area contributed by atoms with Gasteiger partial charge in [-0.3, -0.25) is 4.79 Å². The van der Waals surface area contributed by atoms with E-state index in [1.165, 1.54) is 0 Å². The van der Waals surface area contributed by atoms with Crippen molar-refractivity contribution in [3.63, 3.8) is 0 Å². The maximum absolute atomic E-state index is 10.5. The zero-order valence-corrected chi connectivity index (χ0v) is 5.56. The first-order valence-electron chi connectivity index (χ1n) is 1.74. The standard InChI is InChI=1S/C2H4O2.F2O3S/c1-2(3)4;1-5-6(2,3)4/h1H3,(H,3,4);. The molecule has 8 heteroatoms. The van der Waals surface area contributed by atoms with E-state index in [2.05, 4.69) is 0 Å². The Bertz CT molecular complexity index is 180. The third-order valence-electron chi connectivity index (χ3n) is 0.0752. The number of carbonyl (C=O) groups is 1. The highest BCUT2D eigenvalue weighted by Gasteiger charge is 2.03. The SMILES string of the molecule is CC(=O)O.O=S(=O)(F)OF. The molecule has 0 aliphatic rings. The lowest BCUT2D eigenvalue weighted by atomic mass is 10.9. The van der Waals surface area contributed by atoms with Gasteiger partial charge < -0.3 is 5.11 Å². The van der Waals surface area contributed by atoms with Crippen LogP contribution in [0.3, 0.4) is 0 Å². The van der Waals surface area contributed by atoms with Crippen LogP contribution < -0.4 is 0 Å². The van der Waals surface area contributed by atoms with E-state index < -0.39 is 16.5 Å². The lowest BCUT2D eigenvalue weighted by Crippen LogP contribution is -1.85. The molecule has 0 atom stereocenters. The molecule has 0 bridgehead atoms. The van der Waals surface area contributed by atoms with Crippen molar-refractivity contribution in [2.75, 3.05) is 0 Å². The van der Waals surface area contributed by atoms with Gasteiger partial charge in [-0.1, -0.05) is 3.89 Å². The molecule has 0 amide bonds. The van der Waals surface area contributed by atoms with Crippen LogP contribution in [-0.2, 0) is 19.7 Å². The molecule has 0 aromatic carbocycles. The van der Waals surface area contributed by atoms with Crippen LogP contribution in [0.25, 0.3) is 0 Å². The molecule has 0 spiro atoms. The quantitative estimate of drug-likeness (QED) is 0.580. The smallest absolute Gasteiger partial charge is 0.468 e. The van der Waals surface area contributed by atoms with Crippen LogP contribution in [0.5, 0.6) is 0 Å². The van der Waals surface area contributed by atoms with Crippen molar-refractivity contribution in [1.82, 2.24) is 0 Å². The Balaban J connectivity index is 0. The predicted molar refractivity (Wildman–Crippen MR) is 25.5 cm³/mol. The largest absolute Gasteiger partial charge is 0.481 e. The molecular weight excluding hydrogens is 174 g/mol. The summed E-state index contributed by atoms with van der Waals surface area (Å²) in [5.74, 6) is -0.833. The number of hydrogen-bond acceptors (Lipinski definition) is 4. The monoisotopic (exact) mass is 178 g/mol. The Morgan fingerprint density at radius 2 is 1.70 bits per heavy atom. The van der Waals surface area contributed by atoms with Crippen LogP contribution in [0.4, 0.5) is 8.41 Å². The zero-order valence-electron chi connectivity index (χ0n) is 4.74. The molecular formula is C2H4F2O5S. The molecule has 0 unspecified atom stereocenters. The topological polar surface area (TPSA) is 80.7 Å². The minimum atomic E-state index is -5.33. The first-order valence-corrected chi connectivity index (χ1v) is 3.04. The average Bonchev–Trinajstić information content (AvgIpc) is 1.63. The molecule has 1 N–H and O–H groups in total. The van der Waals surface area contributed by atoms with E-state index in [1.54, 1.807) is 4.39 Å². The summed E-state index contributed by atoms with van der Waals surface area (Å²) in [5, 5.41) is 7.42. The maximum Gasteiger partial charge on any atom is 0.468 e. The third kappa shape index (κ3) is 56.2. The fraction of sp³-hybridized carbons (Fsp3) is 0.500. The third-order valence-corrected chi connectivity index (χ3v) is 0.226. The number of halogens is 2. The lowest BCUT2D eigenvalue weighted by molar-refractivity contribution is -0.134. The summed E-state index contributed by atoms with van der Waals surface area (Å²) in [6.45, 7) is 1.08. The number of hydrogen-bond donors (Lipinski definition) is 1. The Labute approximate surface area is 55.5 Å². The second-order valence-electron chi connectivity index (χ2n) is 0.975. The molecule has 0 rings (SSSR count). The second kappa shape index (κ2) is 5.06. The second-order valence-corrected chi connectivity index (χ2v) is 1.89. The molecule has 0 aromatic heterocycles. The van der Waals surface area contributed by atoms with Gasteiger partial charge in [0, 0.05) is 6.92 Å². The van der Waals surface area contributed by atoms with Crippen molar-refractivity contribution >= 4 is 16.5 Å². The van der Waals surface area contributed by atoms with Crippen LogP contribution in [0.2, 0.25) is 0 Å². The van der Waals surface area contributed by atoms with Crippen LogP contribution in [0, 0.1) is 0 Å². The van der Waals surface area contributed by atoms with Gasteiger partial charge in [0.1, 0.15) is 0 Å². The molecule has 0 aliphatic carbocycles. The number of carboxylic acid groups (broad SMARTS) is 1. The minimum absolute atomic E-state index is 0.833. The van der Waals surface area contributed by atoms with Gasteiger partial charge in [0.15, 0.2) is 0 Å². The highest BCUT2D eigenvalue weighted by atomic mass is 32.3. The first kappa shape index (κ1) is 12.0. The first-order chi connectivity index (χ1) is 4.29. The Hall–Kier alpha value is -0.760. The van der Waals surface area contributed by atoms with E-state index in [0.29, 0.717) is 0 Å². The molecule has 62 valence electrons. The van der Waals surface area contributed by atoms with Gasteiger partial charge in [0.2, 0.25) is 0 Å². The molecule has 0 fully saturated rings. The van der Waals surface area contributed by atoms with Gasteiger partial charge >= 0.3 is 10.5 Å². The van der Waals surface area contributed by atoms with Crippen molar-refractivity contribution in [1.29, 1.82) is 0 Å². The number of aliphatic carboxylic acids is 1. The molecule has 0 saturated heterocycles. The van der Waals surface area contributed by atoms with E-state index in [1.807, 2.05) is 0 Å². The van der Waals surface area contributed by atoms with Gasteiger partial charge in [-0.25, -0.2) is 0 Å². The summed E-state index contributed by atoms with van der Waals surface area (Å²) in [4.78, 5) is 9.00. The fourth-order valence-corrected chi connectivity index (χ4v) is 0. The predicted octanol–water partition coefficient (Wildman–Crippen LogP) is 0.193. The van der Waals surface area contributed by atoms with Crippen molar-refractivity contribution < 1.29 is 31.1 Å². The lowest BCUT2D eigenvalue weighted by Gasteiger charge is -1.71. The van der Waals surface area contributed by atoms with Crippen molar-refractivity contribution in [3.05, 3.63) is 0 Å². The van der Waals surface area contributed by atoms with E-state index in [-0.39, 0.29) is 0 Å². The fourth-order valence-electron chi connectivity index (χ4n) is 0. The summed E-state index contributed by atoms with van der Waals surface area (Å²) in [7, 11) is -5.33. The van der Waals surface area contributed by atoms with Crippen LogP contribution in [0.1, 0.15) is 6.92 Å². The molecule has 0 saturated carbocycles. The molecule has 5 nitrogen and oxygen atoms in total. The van der Waals surface area contributed by atoms with E-state index in [4.69, 9.17) is 18.3 Å². The number of carboxylic acids is 1. The highest BCUT2D eigenvalue weighted by molar-refractivity contribution is 7.81. The van der Waals surface area contributed by atoms with Crippen LogP contribution in [0.15, 0.2) is 0 Å². The van der Waals surface area contributed by atoms with Crippen molar-refractivity contribution in [2.24, 2.45) is 0 Å². The van der Waals surface area contributed by atoms with Gasteiger partial charge in [-0.2, -0.15) is 8.42 Å². The number of rotatable bonds is 1. The molecule has 0 aromatic rings. The van der Waals surface area contributed by atoms with Gasteiger partial charge in [0.05, 0.1) is 0 Å². The molecule has 0 heterocycles.